The van der Waals surface area contributed by atoms with Gasteiger partial charge < -0.3 is 19.9 Å². The lowest BCUT2D eigenvalue weighted by molar-refractivity contribution is 0.191. The molecule has 0 saturated carbocycles. The number of H-pyrrole nitrogens is 1. The molecule has 2 heterocycles. The Morgan fingerprint density at radius 3 is 2.89 bits per heavy atom. The summed E-state index contributed by atoms with van der Waals surface area (Å²) in [4.78, 5) is 22.5. The van der Waals surface area contributed by atoms with E-state index in [4.69, 9.17) is 16.3 Å². The van der Waals surface area contributed by atoms with Crippen molar-refractivity contribution in [3.63, 3.8) is 0 Å². The van der Waals surface area contributed by atoms with Crippen molar-refractivity contribution in [1.82, 2.24) is 14.9 Å². The number of methoxy groups -OCH3 is 1. The van der Waals surface area contributed by atoms with Gasteiger partial charge >= 0.3 is 6.03 Å². The van der Waals surface area contributed by atoms with E-state index in [-0.39, 0.29) is 11.9 Å². The third kappa shape index (κ3) is 3.85. The molecule has 4 rings (SSSR count). The zero-order chi connectivity index (χ0) is 18.8. The monoisotopic (exact) mass is 384 g/mol. The van der Waals surface area contributed by atoms with Gasteiger partial charge in [-0.3, -0.25) is 0 Å². The smallest absolute Gasteiger partial charge is 0.321 e. The number of piperidine rings is 1. The normalized spacial score (nSPS) is 17.1. The molecular weight excluding hydrogens is 364 g/mol. The van der Waals surface area contributed by atoms with Gasteiger partial charge in [0.25, 0.3) is 0 Å². The summed E-state index contributed by atoms with van der Waals surface area (Å²) in [7, 11) is 1.62. The van der Waals surface area contributed by atoms with Gasteiger partial charge in [-0.05, 0) is 55.3 Å². The second-order valence-corrected chi connectivity index (χ2v) is 7.16. The van der Waals surface area contributed by atoms with Crippen molar-refractivity contribution >= 4 is 34.4 Å². The van der Waals surface area contributed by atoms with Gasteiger partial charge in [-0.25, -0.2) is 9.78 Å². The number of likely N-dealkylation sites (tertiary alicyclic amines) is 1. The van der Waals surface area contributed by atoms with Crippen LogP contribution in [0.15, 0.2) is 42.5 Å². The van der Waals surface area contributed by atoms with Crippen molar-refractivity contribution in [3.05, 3.63) is 53.3 Å². The van der Waals surface area contributed by atoms with Crippen molar-refractivity contribution in [1.29, 1.82) is 0 Å². The van der Waals surface area contributed by atoms with Crippen molar-refractivity contribution in [2.45, 2.75) is 18.8 Å². The number of nitrogens with zero attached hydrogens (tertiary/aromatic N) is 2. The highest BCUT2D eigenvalue weighted by Crippen LogP contribution is 2.28. The molecule has 6 nitrogen and oxygen atoms in total. The predicted octanol–water partition coefficient (Wildman–Crippen LogP) is 4.64. The maximum atomic E-state index is 12.7. The number of urea groups is 1. The van der Waals surface area contributed by atoms with Crippen LogP contribution < -0.4 is 10.1 Å². The van der Waals surface area contributed by atoms with Crippen LogP contribution in [-0.4, -0.2) is 41.1 Å². The molecule has 0 radical (unpaired) electrons. The second kappa shape index (κ2) is 7.48. The summed E-state index contributed by atoms with van der Waals surface area (Å²) in [6.45, 7) is 1.38. The van der Waals surface area contributed by atoms with E-state index in [1.54, 1.807) is 7.11 Å². The molecule has 27 heavy (non-hydrogen) atoms. The van der Waals surface area contributed by atoms with Gasteiger partial charge in [-0.15, -0.1) is 0 Å². The van der Waals surface area contributed by atoms with Gasteiger partial charge in [0.15, 0.2) is 0 Å². The lowest BCUT2D eigenvalue weighted by Crippen LogP contribution is -2.41. The molecule has 1 aliphatic rings. The van der Waals surface area contributed by atoms with Crippen LogP contribution in [0.5, 0.6) is 5.75 Å². The van der Waals surface area contributed by atoms with E-state index >= 15 is 0 Å². The molecule has 1 aliphatic heterocycles. The van der Waals surface area contributed by atoms with Crippen LogP contribution in [-0.2, 0) is 0 Å². The Balaban J connectivity index is 1.45. The number of anilines is 1. The quantitative estimate of drug-likeness (QED) is 0.691. The number of carbonyl (C=O) groups is 1. The Morgan fingerprint density at radius 1 is 1.30 bits per heavy atom. The van der Waals surface area contributed by atoms with Gasteiger partial charge in [0, 0.05) is 29.7 Å². The largest absolute Gasteiger partial charge is 0.497 e. The molecule has 1 unspecified atom stereocenters. The minimum absolute atomic E-state index is 0.0935. The van der Waals surface area contributed by atoms with Gasteiger partial charge in [0.1, 0.15) is 11.6 Å². The second-order valence-electron chi connectivity index (χ2n) is 6.73. The van der Waals surface area contributed by atoms with Crippen molar-refractivity contribution in [2.24, 2.45) is 0 Å². The molecule has 140 valence electrons. The summed E-state index contributed by atoms with van der Waals surface area (Å²) >= 11 is 6.06. The maximum Gasteiger partial charge on any atom is 0.321 e. The predicted molar refractivity (Wildman–Crippen MR) is 107 cm³/mol. The summed E-state index contributed by atoms with van der Waals surface area (Å²) < 4.78 is 5.14. The molecule has 1 fully saturated rings. The fourth-order valence-corrected chi connectivity index (χ4v) is 3.63. The van der Waals surface area contributed by atoms with Gasteiger partial charge in [0.05, 0.1) is 18.1 Å². The van der Waals surface area contributed by atoms with Gasteiger partial charge in [0.2, 0.25) is 0 Å². The maximum absolute atomic E-state index is 12.7. The fourth-order valence-electron chi connectivity index (χ4n) is 3.46. The molecule has 0 bridgehead atoms. The van der Waals surface area contributed by atoms with Gasteiger partial charge in [-0.1, -0.05) is 11.6 Å². The summed E-state index contributed by atoms with van der Waals surface area (Å²) in [6.07, 6.45) is 1.94. The highest BCUT2D eigenvalue weighted by atomic mass is 35.5. The van der Waals surface area contributed by atoms with E-state index in [9.17, 15) is 4.79 Å². The number of fused-ring (bicyclic) bond motifs is 1. The molecule has 3 aromatic rings. The first-order chi connectivity index (χ1) is 13.1. The molecule has 2 amide bonds. The lowest BCUT2D eigenvalue weighted by Gasteiger charge is -2.31. The molecule has 1 aromatic heterocycles. The topological polar surface area (TPSA) is 70.2 Å². The average Bonchev–Trinajstić information content (AvgIpc) is 3.12. The number of benzene rings is 2. The van der Waals surface area contributed by atoms with Crippen LogP contribution in [0.2, 0.25) is 5.02 Å². The highest BCUT2D eigenvalue weighted by molar-refractivity contribution is 6.31. The molecule has 1 atom stereocenters. The number of imidazole rings is 1. The molecule has 1 saturated heterocycles. The fraction of sp³-hybridized carbons (Fsp3) is 0.300. The lowest BCUT2D eigenvalue weighted by atomic mass is 9.97. The van der Waals surface area contributed by atoms with Crippen LogP contribution in [0.25, 0.3) is 11.0 Å². The number of nitrogens with one attached hydrogen (secondary N) is 2. The Hall–Kier alpha value is -2.73. The van der Waals surface area contributed by atoms with Crippen LogP contribution >= 0.6 is 11.6 Å². The SMILES string of the molecule is COc1ccc(NC(=O)N2CCCC(c3nc4ccc(Cl)cc4[nH]3)C2)cc1. The van der Waals surface area contributed by atoms with Crippen molar-refractivity contribution in [3.8, 4) is 5.75 Å². The molecular formula is C20H21ClN4O2. The number of carbonyl (C=O) groups excluding carboxylic acids is 1. The highest BCUT2D eigenvalue weighted by Gasteiger charge is 2.27. The van der Waals surface area contributed by atoms with Crippen LogP contribution in [0, 0.1) is 0 Å². The number of halogens is 1. The molecule has 2 N–H and O–H groups in total. The van der Waals surface area contributed by atoms with Crippen molar-refractivity contribution in [2.75, 3.05) is 25.5 Å². The molecule has 0 spiro atoms. The number of amides is 2. The van der Waals surface area contributed by atoms with E-state index < -0.39 is 0 Å². The van der Waals surface area contributed by atoms with E-state index in [1.807, 2.05) is 47.4 Å². The minimum Gasteiger partial charge on any atom is -0.497 e. The molecule has 7 heteroatoms. The van der Waals surface area contributed by atoms with E-state index in [1.165, 1.54) is 0 Å². The number of aromatic nitrogens is 2. The third-order valence-corrected chi connectivity index (χ3v) is 5.13. The number of hydrogen-bond acceptors (Lipinski definition) is 3. The first-order valence-corrected chi connectivity index (χ1v) is 9.35. The zero-order valence-electron chi connectivity index (χ0n) is 15.0. The summed E-state index contributed by atoms with van der Waals surface area (Å²) in [6, 6.07) is 12.9. The number of ether oxygens (including phenoxy) is 1. The summed E-state index contributed by atoms with van der Waals surface area (Å²) in [5.41, 5.74) is 2.58. The standard InChI is InChI=1S/C20H21ClN4O2/c1-27-16-7-5-15(6-8-16)22-20(26)25-10-2-3-13(12-25)19-23-17-9-4-14(21)11-18(17)24-19/h4-9,11,13H,2-3,10,12H2,1H3,(H,22,26)(H,23,24). The van der Waals surface area contributed by atoms with E-state index in [0.717, 1.165) is 47.7 Å². The summed E-state index contributed by atoms with van der Waals surface area (Å²) in [5, 5.41) is 3.63. The Labute approximate surface area is 162 Å². The molecule has 0 aliphatic carbocycles. The minimum atomic E-state index is -0.0935. The molecule has 2 aromatic carbocycles. The number of rotatable bonds is 3. The van der Waals surface area contributed by atoms with Crippen LogP contribution in [0.4, 0.5) is 10.5 Å². The summed E-state index contributed by atoms with van der Waals surface area (Å²) in [5.74, 6) is 1.86. The van der Waals surface area contributed by atoms with Gasteiger partial charge in [-0.2, -0.15) is 0 Å². The third-order valence-electron chi connectivity index (χ3n) is 4.90. The average molecular weight is 385 g/mol. The first kappa shape index (κ1) is 17.7. The van der Waals surface area contributed by atoms with Crippen LogP contribution in [0.1, 0.15) is 24.6 Å². The Kier molecular flexibility index (Phi) is 4.90. The van der Waals surface area contributed by atoms with E-state index in [2.05, 4.69) is 15.3 Å². The number of aromatic amines is 1. The Morgan fingerprint density at radius 2 is 2.11 bits per heavy atom. The number of hydrogen-bond donors (Lipinski definition) is 2. The Bertz CT molecular complexity index is 954. The van der Waals surface area contributed by atoms with Crippen molar-refractivity contribution < 1.29 is 9.53 Å². The first-order valence-electron chi connectivity index (χ1n) is 8.97. The van der Waals surface area contributed by atoms with Crippen LogP contribution in [0.3, 0.4) is 0 Å². The van der Waals surface area contributed by atoms with E-state index in [0.29, 0.717) is 11.6 Å². The zero-order valence-corrected chi connectivity index (χ0v) is 15.8.